The van der Waals surface area contributed by atoms with Crippen molar-refractivity contribution in [3.05, 3.63) is 53.0 Å². The first-order chi connectivity index (χ1) is 13.2. The minimum Gasteiger partial charge on any atom is -0.492 e. The molecule has 0 spiro atoms. The first kappa shape index (κ1) is 18.1. The van der Waals surface area contributed by atoms with Crippen molar-refractivity contribution in [3.8, 4) is 5.75 Å². The fraction of sp³-hybridized carbons (Fsp3) is 0.500. The Bertz CT molecular complexity index is 795. The number of nitrogens with zero attached hydrogens (tertiary/aromatic N) is 1. The highest BCUT2D eigenvalue weighted by atomic mass is 16.5. The normalized spacial score (nSPS) is 17.1. The molecule has 1 aromatic carbocycles. The molecule has 1 saturated carbocycles. The molecule has 1 aliphatic heterocycles. The first-order valence-electron chi connectivity index (χ1n) is 9.95. The maximum Gasteiger partial charge on any atom is 0.220 e. The Morgan fingerprint density at radius 2 is 2.15 bits per heavy atom. The molecule has 0 bridgehead atoms. The van der Waals surface area contributed by atoms with Crippen LogP contribution in [-0.2, 0) is 24.3 Å². The van der Waals surface area contributed by atoms with Crippen LogP contribution in [0.1, 0.15) is 41.9 Å². The zero-order valence-electron chi connectivity index (χ0n) is 16.0. The number of carbonyl (C=O) groups is 1. The molecule has 2 aromatic rings. The van der Waals surface area contributed by atoms with E-state index in [-0.39, 0.29) is 5.91 Å². The third-order valence-electron chi connectivity index (χ3n) is 5.28. The van der Waals surface area contributed by atoms with E-state index in [0.29, 0.717) is 13.0 Å². The van der Waals surface area contributed by atoms with Crippen molar-refractivity contribution in [2.24, 2.45) is 5.92 Å². The minimum absolute atomic E-state index is 0.155. The first-order valence-corrected chi connectivity index (χ1v) is 9.95. The molecular weight excluding hydrogens is 340 g/mol. The monoisotopic (exact) mass is 368 g/mol. The topological polar surface area (TPSA) is 54.7 Å². The van der Waals surface area contributed by atoms with Crippen LogP contribution in [0.25, 0.3) is 0 Å². The summed E-state index contributed by atoms with van der Waals surface area (Å²) in [5, 5.41) is 3.04. The average molecular weight is 368 g/mol. The molecule has 0 atom stereocenters. The molecule has 0 saturated heterocycles. The Kier molecular flexibility index (Phi) is 5.48. The van der Waals surface area contributed by atoms with Crippen LogP contribution >= 0.6 is 0 Å². The van der Waals surface area contributed by atoms with Gasteiger partial charge in [-0.25, -0.2) is 0 Å². The van der Waals surface area contributed by atoms with Crippen molar-refractivity contribution >= 4 is 5.91 Å². The molecule has 1 aromatic heterocycles. The van der Waals surface area contributed by atoms with Crippen molar-refractivity contribution in [2.75, 3.05) is 19.7 Å². The van der Waals surface area contributed by atoms with Gasteiger partial charge in [0.15, 0.2) is 0 Å². The largest absolute Gasteiger partial charge is 0.492 e. The van der Waals surface area contributed by atoms with Gasteiger partial charge in [-0.15, -0.1) is 0 Å². The third-order valence-corrected chi connectivity index (χ3v) is 5.28. The summed E-state index contributed by atoms with van der Waals surface area (Å²) < 4.78 is 11.6. The van der Waals surface area contributed by atoms with Crippen LogP contribution in [0.5, 0.6) is 5.75 Å². The fourth-order valence-corrected chi connectivity index (χ4v) is 3.51. The van der Waals surface area contributed by atoms with Crippen LogP contribution in [0.3, 0.4) is 0 Å². The molecule has 0 radical (unpaired) electrons. The molecule has 144 valence electrons. The molecule has 5 nitrogen and oxygen atoms in total. The third kappa shape index (κ3) is 5.13. The van der Waals surface area contributed by atoms with E-state index in [2.05, 4.69) is 22.3 Å². The lowest BCUT2D eigenvalue weighted by Crippen LogP contribution is -2.25. The molecule has 1 N–H and O–H groups in total. The lowest BCUT2D eigenvalue weighted by molar-refractivity contribution is -0.121. The summed E-state index contributed by atoms with van der Waals surface area (Å²) in [6, 6.07) is 10.4. The molecule has 1 amide bonds. The van der Waals surface area contributed by atoms with Gasteiger partial charge in [0.2, 0.25) is 5.91 Å². The van der Waals surface area contributed by atoms with Crippen LogP contribution in [0, 0.1) is 12.8 Å². The lowest BCUT2D eigenvalue weighted by atomic mass is 10.0. The van der Waals surface area contributed by atoms with Crippen LogP contribution in [0.4, 0.5) is 0 Å². The van der Waals surface area contributed by atoms with Crippen LogP contribution < -0.4 is 10.1 Å². The summed E-state index contributed by atoms with van der Waals surface area (Å²) in [5.41, 5.74) is 2.38. The molecule has 1 aliphatic carbocycles. The molecule has 1 fully saturated rings. The molecule has 0 unspecified atom stereocenters. The van der Waals surface area contributed by atoms with Crippen LogP contribution in [-0.4, -0.2) is 30.5 Å². The number of ether oxygens (including phenoxy) is 1. The zero-order chi connectivity index (χ0) is 18.6. The zero-order valence-corrected chi connectivity index (χ0v) is 16.0. The second kappa shape index (κ2) is 8.17. The molecule has 27 heavy (non-hydrogen) atoms. The Morgan fingerprint density at radius 1 is 1.26 bits per heavy atom. The number of rotatable bonds is 7. The summed E-state index contributed by atoms with van der Waals surface area (Å²) in [6.45, 7) is 5.97. The number of furan rings is 1. The SMILES string of the molecule is Cc1ccc(CN2CCOc3ccc(CCC(=O)NCC4CC4)cc3C2)o1. The van der Waals surface area contributed by atoms with Gasteiger partial charge in [-0.2, -0.15) is 0 Å². The van der Waals surface area contributed by atoms with Gasteiger partial charge >= 0.3 is 0 Å². The highest BCUT2D eigenvalue weighted by molar-refractivity contribution is 5.76. The number of hydrogen-bond donors (Lipinski definition) is 1. The van der Waals surface area contributed by atoms with E-state index >= 15 is 0 Å². The number of carbonyl (C=O) groups excluding carboxylic acids is 1. The summed E-state index contributed by atoms with van der Waals surface area (Å²) in [4.78, 5) is 14.3. The number of amides is 1. The summed E-state index contributed by atoms with van der Waals surface area (Å²) in [7, 11) is 0. The van der Waals surface area contributed by atoms with E-state index in [9.17, 15) is 4.79 Å². The van der Waals surface area contributed by atoms with E-state index in [4.69, 9.17) is 9.15 Å². The molecular formula is C22H28N2O3. The van der Waals surface area contributed by atoms with Crippen molar-refractivity contribution < 1.29 is 13.9 Å². The Hall–Kier alpha value is -2.27. The van der Waals surface area contributed by atoms with Gasteiger partial charge in [-0.1, -0.05) is 12.1 Å². The summed E-state index contributed by atoms with van der Waals surface area (Å²) in [5.74, 6) is 3.76. The average Bonchev–Trinajstić information content (AvgIpc) is 3.43. The standard InChI is InChI=1S/C22H28N2O3/c1-16-2-7-20(27-16)15-24-10-11-26-21-8-5-17(12-19(21)14-24)6-9-22(25)23-13-18-3-4-18/h2,5,7-8,12,18H,3-4,6,9-11,13-15H2,1H3,(H,23,25). The Balaban J connectivity index is 1.35. The summed E-state index contributed by atoms with van der Waals surface area (Å²) >= 11 is 0. The van der Waals surface area contributed by atoms with Crippen molar-refractivity contribution in [1.82, 2.24) is 10.2 Å². The van der Waals surface area contributed by atoms with E-state index < -0.39 is 0 Å². The van der Waals surface area contributed by atoms with E-state index in [1.165, 1.54) is 24.0 Å². The summed E-state index contributed by atoms with van der Waals surface area (Å²) in [6.07, 6.45) is 3.83. The number of nitrogens with one attached hydrogen (secondary N) is 1. The van der Waals surface area contributed by atoms with Gasteiger partial charge in [-0.3, -0.25) is 9.69 Å². The molecule has 2 heterocycles. The highest BCUT2D eigenvalue weighted by Crippen LogP contribution is 2.28. The van der Waals surface area contributed by atoms with Crippen molar-refractivity contribution in [2.45, 2.75) is 45.7 Å². The van der Waals surface area contributed by atoms with Gasteiger partial charge < -0.3 is 14.5 Å². The Labute approximate surface area is 160 Å². The smallest absolute Gasteiger partial charge is 0.220 e. The van der Waals surface area contributed by atoms with Crippen molar-refractivity contribution in [1.29, 1.82) is 0 Å². The molecule has 4 rings (SSSR count). The number of benzene rings is 1. The molecule has 2 aliphatic rings. The molecule has 5 heteroatoms. The van der Waals surface area contributed by atoms with Gasteiger partial charge in [0.1, 0.15) is 23.9 Å². The van der Waals surface area contributed by atoms with Gasteiger partial charge in [0.05, 0.1) is 6.54 Å². The van der Waals surface area contributed by atoms with Crippen LogP contribution in [0.15, 0.2) is 34.7 Å². The predicted molar refractivity (Wildman–Crippen MR) is 104 cm³/mol. The van der Waals surface area contributed by atoms with Gasteiger partial charge in [0.25, 0.3) is 0 Å². The van der Waals surface area contributed by atoms with E-state index in [0.717, 1.165) is 55.8 Å². The quantitative estimate of drug-likeness (QED) is 0.813. The van der Waals surface area contributed by atoms with Gasteiger partial charge in [0, 0.05) is 31.6 Å². The predicted octanol–water partition coefficient (Wildman–Crippen LogP) is 3.44. The number of fused-ring (bicyclic) bond motifs is 1. The Morgan fingerprint density at radius 3 is 2.93 bits per heavy atom. The van der Waals surface area contributed by atoms with E-state index in [1.54, 1.807) is 0 Å². The number of hydrogen-bond acceptors (Lipinski definition) is 4. The lowest BCUT2D eigenvalue weighted by Gasteiger charge is -2.18. The second-order valence-electron chi connectivity index (χ2n) is 7.76. The minimum atomic E-state index is 0.155. The highest BCUT2D eigenvalue weighted by Gasteiger charge is 2.21. The fourth-order valence-electron chi connectivity index (χ4n) is 3.51. The van der Waals surface area contributed by atoms with Crippen LogP contribution in [0.2, 0.25) is 0 Å². The maximum atomic E-state index is 12.0. The van der Waals surface area contributed by atoms with Crippen molar-refractivity contribution in [3.63, 3.8) is 0 Å². The van der Waals surface area contributed by atoms with E-state index in [1.807, 2.05) is 25.1 Å². The maximum absolute atomic E-state index is 12.0. The van der Waals surface area contributed by atoms with Gasteiger partial charge in [-0.05, 0) is 55.9 Å². The number of aryl methyl sites for hydroxylation is 2. The second-order valence-corrected chi connectivity index (χ2v) is 7.76.